The number of nitrogens with one attached hydrogen (secondary N) is 1. The molecule has 0 heterocycles. The highest BCUT2D eigenvalue weighted by atomic mass is 16.5. The van der Waals surface area contributed by atoms with Gasteiger partial charge in [0.1, 0.15) is 0 Å². The molecule has 0 amide bonds. The summed E-state index contributed by atoms with van der Waals surface area (Å²) < 4.78 is 4.90. The van der Waals surface area contributed by atoms with E-state index in [-0.39, 0.29) is 0 Å². The van der Waals surface area contributed by atoms with Crippen molar-refractivity contribution in [2.24, 2.45) is 10.7 Å². The monoisotopic (exact) mass is 221 g/mol. The van der Waals surface area contributed by atoms with Gasteiger partial charge in [0.15, 0.2) is 5.96 Å². The van der Waals surface area contributed by atoms with Crippen LogP contribution in [0.5, 0.6) is 0 Å². The highest BCUT2D eigenvalue weighted by Gasteiger charge is 1.93. The minimum absolute atomic E-state index is 0.456. The molecule has 0 unspecified atom stereocenters. The Hall–Kier alpha value is -1.55. The smallest absolute Gasteiger partial charge is 0.188 e. The fourth-order valence-corrected chi connectivity index (χ4v) is 1.21. The van der Waals surface area contributed by atoms with Crippen LogP contribution in [-0.4, -0.2) is 26.2 Å². The van der Waals surface area contributed by atoms with Gasteiger partial charge in [-0.05, 0) is 12.5 Å². The van der Waals surface area contributed by atoms with Crippen molar-refractivity contribution in [3.8, 4) is 0 Å². The molecule has 0 fully saturated rings. The highest BCUT2D eigenvalue weighted by Crippen LogP contribution is 2.03. The molecule has 0 saturated carbocycles. The first-order valence-electron chi connectivity index (χ1n) is 5.30. The molecule has 88 valence electrons. The molecule has 0 bridgehead atoms. The van der Waals surface area contributed by atoms with Gasteiger partial charge in [-0.1, -0.05) is 29.8 Å². The summed E-state index contributed by atoms with van der Waals surface area (Å²) in [6, 6.07) is 8.25. The van der Waals surface area contributed by atoms with Crippen molar-refractivity contribution in [2.45, 2.75) is 13.5 Å². The Kier molecular flexibility index (Phi) is 5.36. The van der Waals surface area contributed by atoms with Gasteiger partial charge < -0.3 is 15.8 Å². The van der Waals surface area contributed by atoms with E-state index in [1.807, 2.05) is 0 Å². The molecule has 4 heteroatoms. The number of ether oxygens (including phenoxy) is 1. The number of guanidine groups is 1. The summed E-state index contributed by atoms with van der Waals surface area (Å²) in [5, 5.41) is 2.97. The van der Waals surface area contributed by atoms with Crippen LogP contribution in [0, 0.1) is 6.92 Å². The van der Waals surface area contributed by atoms with Gasteiger partial charge in [0, 0.05) is 13.7 Å². The van der Waals surface area contributed by atoms with Crippen LogP contribution in [-0.2, 0) is 11.3 Å². The zero-order chi connectivity index (χ0) is 11.8. The lowest BCUT2D eigenvalue weighted by molar-refractivity contribution is 0.204. The van der Waals surface area contributed by atoms with E-state index in [9.17, 15) is 0 Å². The third-order valence-electron chi connectivity index (χ3n) is 2.16. The van der Waals surface area contributed by atoms with Gasteiger partial charge in [-0.15, -0.1) is 0 Å². The Morgan fingerprint density at radius 2 is 2.06 bits per heavy atom. The van der Waals surface area contributed by atoms with Crippen molar-refractivity contribution >= 4 is 5.96 Å². The van der Waals surface area contributed by atoms with Crippen LogP contribution in [0.4, 0.5) is 0 Å². The number of hydrogen-bond donors (Lipinski definition) is 2. The molecule has 0 atom stereocenters. The van der Waals surface area contributed by atoms with E-state index in [1.165, 1.54) is 5.56 Å². The number of nitrogens with zero attached hydrogens (tertiary/aromatic N) is 1. The number of aliphatic imine (C=N–C) groups is 1. The van der Waals surface area contributed by atoms with E-state index in [4.69, 9.17) is 10.5 Å². The summed E-state index contributed by atoms with van der Waals surface area (Å²) in [6.07, 6.45) is 0. The van der Waals surface area contributed by atoms with E-state index >= 15 is 0 Å². The lowest BCUT2D eigenvalue weighted by Gasteiger charge is -2.04. The van der Waals surface area contributed by atoms with E-state index < -0.39 is 0 Å². The maximum absolute atomic E-state index is 5.68. The summed E-state index contributed by atoms with van der Waals surface area (Å²) in [5.41, 5.74) is 8.08. The molecule has 0 aliphatic heterocycles. The second-order valence-corrected chi connectivity index (χ2v) is 3.61. The van der Waals surface area contributed by atoms with Gasteiger partial charge in [-0.3, -0.25) is 0 Å². The van der Waals surface area contributed by atoms with Crippen molar-refractivity contribution < 1.29 is 4.74 Å². The third-order valence-corrected chi connectivity index (χ3v) is 2.16. The quantitative estimate of drug-likeness (QED) is 0.444. The fourth-order valence-electron chi connectivity index (χ4n) is 1.21. The van der Waals surface area contributed by atoms with Crippen molar-refractivity contribution in [3.63, 3.8) is 0 Å². The molecule has 1 rings (SSSR count). The van der Waals surface area contributed by atoms with Crippen molar-refractivity contribution in [2.75, 3.05) is 20.3 Å². The summed E-state index contributed by atoms with van der Waals surface area (Å²) >= 11 is 0. The van der Waals surface area contributed by atoms with E-state index in [1.54, 1.807) is 7.11 Å². The second kappa shape index (κ2) is 6.85. The molecular weight excluding hydrogens is 202 g/mol. The van der Waals surface area contributed by atoms with Gasteiger partial charge in [0.2, 0.25) is 0 Å². The van der Waals surface area contributed by atoms with E-state index in [2.05, 4.69) is 41.5 Å². The molecule has 0 radical (unpaired) electrons. The normalized spacial score (nSPS) is 11.5. The van der Waals surface area contributed by atoms with Gasteiger partial charge in [0.05, 0.1) is 13.2 Å². The van der Waals surface area contributed by atoms with Crippen LogP contribution < -0.4 is 11.1 Å². The maximum Gasteiger partial charge on any atom is 0.188 e. The SMILES string of the molecule is COCCNC(N)=NCc1ccc(C)cc1. The van der Waals surface area contributed by atoms with Crippen LogP contribution in [0.15, 0.2) is 29.3 Å². The molecule has 1 aromatic carbocycles. The highest BCUT2D eigenvalue weighted by molar-refractivity contribution is 5.77. The average molecular weight is 221 g/mol. The molecule has 16 heavy (non-hydrogen) atoms. The Morgan fingerprint density at radius 3 is 2.69 bits per heavy atom. The first-order valence-corrected chi connectivity index (χ1v) is 5.30. The summed E-state index contributed by atoms with van der Waals surface area (Å²) in [6.45, 7) is 3.97. The molecule has 4 nitrogen and oxygen atoms in total. The predicted molar refractivity (Wildman–Crippen MR) is 66.4 cm³/mol. The van der Waals surface area contributed by atoms with Crippen LogP contribution in [0.1, 0.15) is 11.1 Å². The Bertz CT molecular complexity index is 333. The molecule has 1 aromatic rings. The van der Waals surface area contributed by atoms with Crippen molar-refractivity contribution in [3.05, 3.63) is 35.4 Å². The molecule has 3 N–H and O–H groups in total. The summed E-state index contributed by atoms with van der Waals surface area (Å²) in [5.74, 6) is 0.456. The maximum atomic E-state index is 5.68. The van der Waals surface area contributed by atoms with Crippen LogP contribution >= 0.6 is 0 Å². The van der Waals surface area contributed by atoms with Crippen LogP contribution in [0.25, 0.3) is 0 Å². The number of rotatable bonds is 5. The first-order chi connectivity index (χ1) is 7.72. The minimum Gasteiger partial charge on any atom is -0.383 e. The van der Waals surface area contributed by atoms with E-state index in [0.29, 0.717) is 25.7 Å². The molecule has 0 aromatic heterocycles. The lowest BCUT2D eigenvalue weighted by atomic mass is 10.1. The number of methoxy groups -OCH3 is 1. The fraction of sp³-hybridized carbons (Fsp3) is 0.417. The molecular formula is C12H19N3O. The topological polar surface area (TPSA) is 59.6 Å². The molecule has 0 aliphatic carbocycles. The summed E-state index contributed by atoms with van der Waals surface area (Å²) in [4.78, 5) is 4.22. The van der Waals surface area contributed by atoms with Crippen molar-refractivity contribution in [1.29, 1.82) is 0 Å². The van der Waals surface area contributed by atoms with Gasteiger partial charge in [-0.2, -0.15) is 0 Å². The molecule has 0 aliphatic rings. The lowest BCUT2D eigenvalue weighted by Crippen LogP contribution is -2.34. The number of hydrogen-bond acceptors (Lipinski definition) is 2. The van der Waals surface area contributed by atoms with E-state index in [0.717, 1.165) is 5.56 Å². The number of aryl methyl sites for hydroxylation is 1. The largest absolute Gasteiger partial charge is 0.383 e. The average Bonchev–Trinajstić information content (AvgIpc) is 2.29. The minimum atomic E-state index is 0.456. The molecule has 0 saturated heterocycles. The standard InChI is InChI=1S/C12H19N3O/c1-10-3-5-11(6-4-10)9-15-12(13)14-7-8-16-2/h3-6H,7-9H2,1-2H3,(H3,13,14,15). The Morgan fingerprint density at radius 1 is 1.38 bits per heavy atom. The van der Waals surface area contributed by atoms with Crippen LogP contribution in [0.2, 0.25) is 0 Å². The van der Waals surface area contributed by atoms with Gasteiger partial charge in [0.25, 0.3) is 0 Å². The predicted octanol–water partition coefficient (Wildman–Crippen LogP) is 1.05. The zero-order valence-corrected chi connectivity index (χ0v) is 9.86. The third kappa shape index (κ3) is 4.79. The van der Waals surface area contributed by atoms with Gasteiger partial charge in [-0.25, -0.2) is 4.99 Å². The number of benzene rings is 1. The summed E-state index contributed by atoms with van der Waals surface area (Å²) in [7, 11) is 1.65. The van der Waals surface area contributed by atoms with Crippen molar-refractivity contribution in [1.82, 2.24) is 5.32 Å². The Balaban J connectivity index is 2.37. The molecule has 0 spiro atoms. The van der Waals surface area contributed by atoms with Gasteiger partial charge >= 0.3 is 0 Å². The van der Waals surface area contributed by atoms with Crippen LogP contribution in [0.3, 0.4) is 0 Å². The zero-order valence-electron chi connectivity index (χ0n) is 9.86. The Labute approximate surface area is 96.5 Å². The number of nitrogens with two attached hydrogens (primary N) is 1. The second-order valence-electron chi connectivity index (χ2n) is 3.61. The first kappa shape index (κ1) is 12.5.